The number of hydrogen-bond donors (Lipinski definition) is 2. The third-order valence-corrected chi connectivity index (χ3v) is 3.09. The van der Waals surface area contributed by atoms with Gasteiger partial charge in [-0.05, 0) is 11.1 Å². The summed E-state index contributed by atoms with van der Waals surface area (Å²) in [7, 11) is 1.96. The first-order valence-corrected chi connectivity index (χ1v) is 6.08. The highest BCUT2D eigenvalue weighted by atomic mass is 16.4. The zero-order valence-corrected chi connectivity index (χ0v) is 10.8. The molecule has 0 aliphatic heterocycles. The van der Waals surface area contributed by atoms with Gasteiger partial charge in [-0.15, -0.1) is 0 Å². The molecule has 0 radical (unpaired) electrons. The van der Waals surface area contributed by atoms with Crippen molar-refractivity contribution in [1.82, 2.24) is 9.55 Å². The maximum Gasteiger partial charge on any atom is 0.305 e. The Kier molecular flexibility index (Phi) is 3.97. The second-order valence-corrected chi connectivity index (χ2v) is 4.58. The standard InChI is InChI=1S/C14H17N3O2/c1-17-7-6-16-13(17)8-10-2-4-11(5-3-10)12(15)9-14(18)19/h2-7,12H,8-9,15H2,1H3,(H,18,19). The molecule has 1 atom stereocenters. The summed E-state index contributed by atoms with van der Waals surface area (Å²) in [4.78, 5) is 14.9. The molecule has 0 saturated heterocycles. The lowest BCUT2D eigenvalue weighted by Gasteiger charge is -2.10. The maximum absolute atomic E-state index is 10.6. The highest BCUT2D eigenvalue weighted by molar-refractivity contribution is 5.67. The second-order valence-electron chi connectivity index (χ2n) is 4.58. The van der Waals surface area contributed by atoms with Crippen LogP contribution in [0.3, 0.4) is 0 Å². The molecule has 2 rings (SSSR count). The molecule has 0 aliphatic rings. The quantitative estimate of drug-likeness (QED) is 0.852. The molecule has 2 aromatic rings. The number of nitrogens with zero attached hydrogens (tertiary/aromatic N) is 2. The van der Waals surface area contributed by atoms with Crippen LogP contribution in [-0.4, -0.2) is 20.6 Å². The van der Waals surface area contributed by atoms with Gasteiger partial charge in [0.05, 0.1) is 6.42 Å². The number of aliphatic carboxylic acids is 1. The molecule has 0 saturated carbocycles. The Morgan fingerprint density at radius 1 is 1.42 bits per heavy atom. The Morgan fingerprint density at radius 3 is 2.63 bits per heavy atom. The number of aromatic nitrogens is 2. The van der Waals surface area contributed by atoms with Crippen LogP contribution in [0, 0.1) is 0 Å². The number of rotatable bonds is 5. The van der Waals surface area contributed by atoms with Crippen LogP contribution in [0.4, 0.5) is 0 Å². The van der Waals surface area contributed by atoms with Crippen molar-refractivity contribution in [2.45, 2.75) is 18.9 Å². The van der Waals surface area contributed by atoms with E-state index < -0.39 is 12.0 Å². The summed E-state index contributed by atoms with van der Waals surface area (Å²) in [6.45, 7) is 0. The summed E-state index contributed by atoms with van der Waals surface area (Å²) in [5, 5.41) is 8.71. The topological polar surface area (TPSA) is 81.1 Å². The van der Waals surface area contributed by atoms with Gasteiger partial charge in [0.1, 0.15) is 5.82 Å². The van der Waals surface area contributed by atoms with Crippen molar-refractivity contribution in [1.29, 1.82) is 0 Å². The zero-order valence-electron chi connectivity index (χ0n) is 10.8. The molecule has 0 bridgehead atoms. The van der Waals surface area contributed by atoms with Gasteiger partial charge in [0.15, 0.2) is 0 Å². The van der Waals surface area contributed by atoms with Crippen LogP contribution in [0.1, 0.15) is 29.4 Å². The van der Waals surface area contributed by atoms with E-state index in [0.717, 1.165) is 23.4 Å². The van der Waals surface area contributed by atoms with Crippen LogP contribution >= 0.6 is 0 Å². The van der Waals surface area contributed by atoms with E-state index in [-0.39, 0.29) is 6.42 Å². The lowest BCUT2D eigenvalue weighted by molar-refractivity contribution is -0.137. The molecule has 0 amide bonds. The average molecular weight is 259 g/mol. The van der Waals surface area contributed by atoms with E-state index in [2.05, 4.69) is 4.98 Å². The van der Waals surface area contributed by atoms with Crippen molar-refractivity contribution in [3.8, 4) is 0 Å². The minimum Gasteiger partial charge on any atom is -0.481 e. The number of benzene rings is 1. The molecular formula is C14H17N3O2. The van der Waals surface area contributed by atoms with Crippen LogP contribution in [0.25, 0.3) is 0 Å². The van der Waals surface area contributed by atoms with Gasteiger partial charge in [-0.1, -0.05) is 24.3 Å². The molecule has 5 heteroatoms. The normalized spacial score (nSPS) is 12.3. The van der Waals surface area contributed by atoms with E-state index in [0.29, 0.717) is 0 Å². The Hall–Kier alpha value is -2.14. The minimum absolute atomic E-state index is 0.0568. The zero-order chi connectivity index (χ0) is 13.8. The van der Waals surface area contributed by atoms with E-state index in [1.54, 1.807) is 6.20 Å². The first kappa shape index (κ1) is 13.3. The Balaban J connectivity index is 2.06. The van der Waals surface area contributed by atoms with Crippen molar-refractivity contribution in [2.75, 3.05) is 0 Å². The van der Waals surface area contributed by atoms with Gasteiger partial charge in [-0.25, -0.2) is 4.98 Å². The summed E-state index contributed by atoms with van der Waals surface area (Å²) >= 11 is 0. The van der Waals surface area contributed by atoms with Crippen molar-refractivity contribution < 1.29 is 9.90 Å². The highest BCUT2D eigenvalue weighted by Gasteiger charge is 2.10. The van der Waals surface area contributed by atoms with Crippen molar-refractivity contribution in [3.63, 3.8) is 0 Å². The molecule has 100 valence electrons. The Morgan fingerprint density at radius 2 is 2.11 bits per heavy atom. The van der Waals surface area contributed by atoms with Crippen LogP contribution in [0.2, 0.25) is 0 Å². The Bertz CT molecular complexity index is 560. The first-order valence-electron chi connectivity index (χ1n) is 6.08. The lowest BCUT2D eigenvalue weighted by atomic mass is 10.0. The maximum atomic E-state index is 10.6. The monoisotopic (exact) mass is 259 g/mol. The van der Waals surface area contributed by atoms with Gasteiger partial charge >= 0.3 is 5.97 Å². The number of carboxylic acids is 1. The Labute approximate surface area is 111 Å². The van der Waals surface area contributed by atoms with E-state index in [1.165, 1.54) is 0 Å². The molecule has 19 heavy (non-hydrogen) atoms. The second kappa shape index (κ2) is 5.67. The molecular weight excluding hydrogens is 242 g/mol. The SMILES string of the molecule is Cn1ccnc1Cc1ccc(C(N)CC(=O)O)cc1. The first-order chi connectivity index (χ1) is 9.06. The van der Waals surface area contributed by atoms with Crippen LogP contribution in [0.5, 0.6) is 0 Å². The third kappa shape index (κ3) is 3.42. The predicted molar refractivity (Wildman–Crippen MR) is 71.6 cm³/mol. The smallest absolute Gasteiger partial charge is 0.305 e. The number of carboxylic acid groups (broad SMARTS) is 1. The fraction of sp³-hybridized carbons (Fsp3) is 0.286. The van der Waals surface area contributed by atoms with Crippen molar-refractivity contribution in [2.24, 2.45) is 12.8 Å². The van der Waals surface area contributed by atoms with E-state index in [1.807, 2.05) is 42.1 Å². The van der Waals surface area contributed by atoms with Crippen molar-refractivity contribution in [3.05, 3.63) is 53.6 Å². The predicted octanol–water partition coefficient (Wildman–Crippen LogP) is 1.49. The molecule has 0 aliphatic carbocycles. The molecule has 1 unspecified atom stereocenters. The van der Waals surface area contributed by atoms with Gasteiger partial charge in [-0.2, -0.15) is 0 Å². The van der Waals surface area contributed by atoms with E-state index >= 15 is 0 Å². The van der Waals surface area contributed by atoms with Gasteiger partial charge in [0.25, 0.3) is 0 Å². The lowest BCUT2D eigenvalue weighted by Crippen LogP contribution is -2.14. The van der Waals surface area contributed by atoms with Crippen LogP contribution in [-0.2, 0) is 18.3 Å². The minimum atomic E-state index is -0.885. The number of hydrogen-bond acceptors (Lipinski definition) is 3. The summed E-state index contributed by atoms with van der Waals surface area (Å²) in [6, 6.07) is 7.23. The molecule has 1 heterocycles. The van der Waals surface area contributed by atoms with E-state index in [9.17, 15) is 4.79 Å². The molecule has 5 nitrogen and oxygen atoms in total. The summed E-state index contributed by atoms with van der Waals surface area (Å²) < 4.78 is 1.98. The number of aryl methyl sites for hydroxylation is 1. The number of imidazole rings is 1. The number of nitrogens with two attached hydrogens (primary N) is 1. The van der Waals surface area contributed by atoms with Gasteiger partial charge in [0.2, 0.25) is 0 Å². The molecule has 1 aromatic heterocycles. The third-order valence-electron chi connectivity index (χ3n) is 3.09. The summed E-state index contributed by atoms with van der Waals surface area (Å²) in [5.74, 6) is 0.104. The molecule has 0 spiro atoms. The highest BCUT2D eigenvalue weighted by Crippen LogP contribution is 2.16. The number of carbonyl (C=O) groups is 1. The molecule has 1 aromatic carbocycles. The van der Waals surface area contributed by atoms with Crippen LogP contribution < -0.4 is 5.73 Å². The summed E-state index contributed by atoms with van der Waals surface area (Å²) in [6.07, 6.45) is 4.37. The van der Waals surface area contributed by atoms with Crippen molar-refractivity contribution >= 4 is 5.97 Å². The summed E-state index contributed by atoms with van der Waals surface area (Å²) in [5.41, 5.74) is 7.77. The van der Waals surface area contributed by atoms with Gasteiger partial charge in [0, 0.05) is 31.9 Å². The fourth-order valence-electron chi connectivity index (χ4n) is 1.94. The average Bonchev–Trinajstić information content (AvgIpc) is 2.75. The van der Waals surface area contributed by atoms with E-state index in [4.69, 9.17) is 10.8 Å². The van der Waals surface area contributed by atoms with Gasteiger partial charge < -0.3 is 15.4 Å². The molecule has 3 N–H and O–H groups in total. The van der Waals surface area contributed by atoms with Gasteiger partial charge in [-0.3, -0.25) is 4.79 Å². The molecule has 0 fully saturated rings. The fourth-order valence-corrected chi connectivity index (χ4v) is 1.94. The van der Waals surface area contributed by atoms with Crippen LogP contribution in [0.15, 0.2) is 36.7 Å². The largest absolute Gasteiger partial charge is 0.481 e.